The first-order chi connectivity index (χ1) is 11.1. The number of hydrogen-bond acceptors (Lipinski definition) is 2. The van der Waals surface area contributed by atoms with Crippen molar-refractivity contribution in [2.75, 3.05) is 25.5 Å². The molecule has 0 saturated heterocycles. The Hall–Kier alpha value is -2.26. The fourth-order valence-electron chi connectivity index (χ4n) is 3.01. The second kappa shape index (κ2) is 6.88. The highest BCUT2D eigenvalue weighted by molar-refractivity contribution is 5.84. The van der Waals surface area contributed by atoms with Crippen molar-refractivity contribution >= 4 is 16.6 Å². The molecule has 0 fully saturated rings. The van der Waals surface area contributed by atoms with Gasteiger partial charge >= 0.3 is 0 Å². The molecule has 2 aromatic carbocycles. The van der Waals surface area contributed by atoms with Gasteiger partial charge in [0, 0.05) is 42.9 Å². The van der Waals surface area contributed by atoms with Gasteiger partial charge < -0.3 is 15.2 Å². The van der Waals surface area contributed by atoms with Gasteiger partial charge in [-0.2, -0.15) is 0 Å². The van der Waals surface area contributed by atoms with Crippen LogP contribution in [0.25, 0.3) is 10.9 Å². The Balaban J connectivity index is 1.56. The molecule has 120 valence electrons. The molecule has 1 heterocycles. The Morgan fingerprint density at radius 3 is 2.48 bits per heavy atom. The van der Waals surface area contributed by atoms with Gasteiger partial charge in [-0.15, -0.1) is 0 Å². The Labute approximate surface area is 138 Å². The van der Waals surface area contributed by atoms with Gasteiger partial charge in [0.25, 0.3) is 0 Å². The molecule has 0 amide bonds. The lowest BCUT2D eigenvalue weighted by molar-refractivity contribution is 0.687. The minimum absolute atomic E-state index is 0.912. The molecule has 2 N–H and O–H groups in total. The molecule has 0 saturated carbocycles. The van der Waals surface area contributed by atoms with E-state index in [1.165, 1.54) is 33.4 Å². The summed E-state index contributed by atoms with van der Waals surface area (Å²) in [6, 6.07) is 17.3. The lowest BCUT2D eigenvalue weighted by Gasteiger charge is -2.13. The van der Waals surface area contributed by atoms with Crippen LogP contribution in [0.15, 0.2) is 48.5 Å². The van der Waals surface area contributed by atoms with Crippen molar-refractivity contribution in [1.29, 1.82) is 0 Å². The maximum absolute atomic E-state index is 3.55. The van der Waals surface area contributed by atoms with E-state index in [0.717, 1.165) is 19.5 Å². The van der Waals surface area contributed by atoms with Crippen molar-refractivity contribution in [3.05, 3.63) is 65.4 Å². The molecule has 0 atom stereocenters. The summed E-state index contributed by atoms with van der Waals surface area (Å²) >= 11 is 0. The molecule has 3 rings (SSSR count). The number of nitrogens with zero attached hydrogens (tertiary/aromatic N) is 1. The number of fused-ring (bicyclic) bond motifs is 1. The first-order valence-corrected chi connectivity index (χ1v) is 8.18. The number of benzene rings is 2. The molecule has 0 unspecified atom stereocenters. The molecule has 0 aliphatic carbocycles. The highest BCUT2D eigenvalue weighted by Gasteiger charge is 2.07. The van der Waals surface area contributed by atoms with Gasteiger partial charge in [0.05, 0.1) is 0 Å². The van der Waals surface area contributed by atoms with Gasteiger partial charge in [-0.1, -0.05) is 30.3 Å². The van der Waals surface area contributed by atoms with E-state index in [1.807, 2.05) is 0 Å². The lowest BCUT2D eigenvalue weighted by atomic mass is 10.1. The van der Waals surface area contributed by atoms with Gasteiger partial charge in [-0.3, -0.25) is 0 Å². The van der Waals surface area contributed by atoms with Crippen molar-refractivity contribution < 1.29 is 0 Å². The molecule has 3 aromatic rings. The van der Waals surface area contributed by atoms with Crippen molar-refractivity contribution in [3.8, 4) is 0 Å². The average Bonchev–Trinajstić information content (AvgIpc) is 2.87. The molecule has 0 aliphatic heterocycles. The second-order valence-corrected chi connectivity index (χ2v) is 6.26. The standard InChI is InChI=1S/C20H25N3/c1-15-18(19-6-4-5-7-20(19)22-15)12-13-21-14-16-8-10-17(11-9-16)23(2)3/h4-11,21-22H,12-14H2,1-3H3. The SMILES string of the molecule is Cc1[nH]c2ccccc2c1CCNCc1ccc(N(C)C)cc1. The van der Waals surface area contributed by atoms with Crippen LogP contribution in [0.3, 0.4) is 0 Å². The average molecular weight is 307 g/mol. The predicted molar refractivity (Wildman–Crippen MR) is 99.2 cm³/mol. The van der Waals surface area contributed by atoms with Crippen molar-refractivity contribution in [1.82, 2.24) is 10.3 Å². The zero-order valence-corrected chi connectivity index (χ0v) is 14.2. The maximum Gasteiger partial charge on any atom is 0.0458 e. The number of nitrogens with one attached hydrogen (secondary N) is 2. The fourth-order valence-corrected chi connectivity index (χ4v) is 3.01. The van der Waals surface area contributed by atoms with Crippen LogP contribution in [-0.4, -0.2) is 25.6 Å². The smallest absolute Gasteiger partial charge is 0.0458 e. The van der Waals surface area contributed by atoms with Crippen LogP contribution in [-0.2, 0) is 13.0 Å². The number of para-hydroxylation sites is 1. The quantitative estimate of drug-likeness (QED) is 0.677. The second-order valence-electron chi connectivity index (χ2n) is 6.26. The van der Waals surface area contributed by atoms with Gasteiger partial charge in [-0.25, -0.2) is 0 Å². The summed E-state index contributed by atoms with van der Waals surface area (Å²) in [5.41, 5.74) is 6.51. The summed E-state index contributed by atoms with van der Waals surface area (Å²) in [5, 5.41) is 4.90. The molecule has 3 heteroatoms. The van der Waals surface area contributed by atoms with E-state index >= 15 is 0 Å². The van der Waals surface area contributed by atoms with Crippen LogP contribution in [0, 0.1) is 6.92 Å². The summed E-state index contributed by atoms with van der Waals surface area (Å²) in [6.45, 7) is 4.06. The third-order valence-corrected chi connectivity index (χ3v) is 4.36. The summed E-state index contributed by atoms with van der Waals surface area (Å²) in [7, 11) is 4.13. The number of H-pyrrole nitrogens is 1. The largest absolute Gasteiger partial charge is 0.378 e. The molecular weight excluding hydrogens is 282 g/mol. The number of anilines is 1. The topological polar surface area (TPSA) is 31.1 Å². The van der Waals surface area contributed by atoms with Gasteiger partial charge in [0.15, 0.2) is 0 Å². The predicted octanol–water partition coefficient (Wildman–Crippen LogP) is 3.87. The molecule has 0 radical (unpaired) electrons. The summed E-state index contributed by atoms with van der Waals surface area (Å²) in [5.74, 6) is 0. The zero-order chi connectivity index (χ0) is 16.2. The number of aromatic amines is 1. The Kier molecular flexibility index (Phi) is 4.68. The van der Waals surface area contributed by atoms with E-state index in [0.29, 0.717) is 0 Å². The van der Waals surface area contributed by atoms with Crippen LogP contribution in [0.4, 0.5) is 5.69 Å². The third kappa shape index (κ3) is 3.57. The first-order valence-electron chi connectivity index (χ1n) is 8.18. The Morgan fingerprint density at radius 2 is 1.74 bits per heavy atom. The van der Waals surface area contributed by atoms with Crippen molar-refractivity contribution in [3.63, 3.8) is 0 Å². The summed E-state index contributed by atoms with van der Waals surface area (Å²) in [4.78, 5) is 5.59. The van der Waals surface area contributed by atoms with Crippen LogP contribution in [0.2, 0.25) is 0 Å². The minimum Gasteiger partial charge on any atom is -0.378 e. The molecule has 23 heavy (non-hydrogen) atoms. The number of hydrogen-bond donors (Lipinski definition) is 2. The Bertz CT molecular complexity index is 769. The van der Waals surface area contributed by atoms with Crippen LogP contribution in [0.1, 0.15) is 16.8 Å². The van der Waals surface area contributed by atoms with Gasteiger partial charge in [-0.05, 0) is 49.2 Å². The van der Waals surface area contributed by atoms with E-state index in [2.05, 4.69) is 84.8 Å². The highest BCUT2D eigenvalue weighted by atomic mass is 15.1. The van der Waals surface area contributed by atoms with Gasteiger partial charge in [0.2, 0.25) is 0 Å². The molecule has 3 nitrogen and oxygen atoms in total. The lowest BCUT2D eigenvalue weighted by Crippen LogP contribution is -2.17. The molecule has 0 spiro atoms. The van der Waals surface area contributed by atoms with Crippen molar-refractivity contribution in [2.24, 2.45) is 0 Å². The fraction of sp³-hybridized carbons (Fsp3) is 0.300. The Morgan fingerprint density at radius 1 is 1.00 bits per heavy atom. The molecule has 0 bridgehead atoms. The maximum atomic E-state index is 3.55. The summed E-state index contributed by atoms with van der Waals surface area (Å²) < 4.78 is 0. The monoisotopic (exact) mass is 307 g/mol. The third-order valence-electron chi connectivity index (χ3n) is 4.36. The van der Waals surface area contributed by atoms with Crippen LogP contribution >= 0.6 is 0 Å². The zero-order valence-electron chi connectivity index (χ0n) is 14.2. The molecule has 1 aromatic heterocycles. The molecular formula is C20H25N3. The van der Waals surface area contributed by atoms with Gasteiger partial charge in [0.1, 0.15) is 0 Å². The first kappa shape index (κ1) is 15.6. The van der Waals surface area contributed by atoms with E-state index in [1.54, 1.807) is 0 Å². The van der Waals surface area contributed by atoms with Crippen molar-refractivity contribution in [2.45, 2.75) is 19.9 Å². The van der Waals surface area contributed by atoms with E-state index in [-0.39, 0.29) is 0 Å². The van der Waals surface area contributed by atoms with E-state index in [9.17, 15) is 0 Å². The van der Waals surface area contributed by atoms with E-state index in [4.69, 9.17) is 0 Å². The van der Waals surface area contributed by atoms with Crippen LogP contribution in [0.5, 0.6) is 0 Å². The number of aromatic nitrogens is 1. The van der Waals surface area contributed by atoms with Crippen LogP contribution < -0.4 is 10.2 Å². The van der Waals surface area contributed by atoms with E-state index < -0.39 is 0 Å². The normalized spacial score (nSPS) is 11.1. The number of aryl methyl sites for hydroxylation is 1. The molecule has 0 aliphatic rings. The number of rotatable bonds is 6. The highest BCUT2D eigenvalue weighted by Crippen LogP contribution is 2.22. The summed E-state index contributed by atoms with van der Waals surface area (Å²) in [6.07, 6.45) is 1.05. The minimum atomic E-state index is 0.912.